The van der Waals surface area contributed by atoms with Gasteiger partial charge in [0, 0.05) is 19.5 Å². The van der Waals surface area contributed by atoms with E-state index in [0.29, 0.717) is 17.7 Å². The zero-order valence-corrected chi connectivity index (χ0v) is 13.7. The van der Waals surface area contributed by atoms with Crippen LogP contribution in [0.5, 0.6) is 0 Å². The average molecular weight is 332 g/mol. The van der Waals surface area contributed by atoms with Gasteiger partial charge in [-0.3, -0.25) is 9.36 Å². The maximum Gasteiger partial charge on any atom is 0.346 e. The lowest BCUT2D eigenvalue weighted by molar-refractivity contribution is -0.122. The van der Waals surface area contributed by atoms with Crippen molar-refractivity contribution in [3.05, 3.63) is 51.5 Å². The number of carbonyl (C=O) groups is 1. The predicted octanol–water partition coefficient (Wildman–Crippen LogP) is 1.54. The zero-order chi connectivity index (χ0) is 17.1. The Balaban J connectivity index is 1.63. The summed E-state index contributed by atoms with van der Waals surface area (Å²) >= 11 is 0. The molecule has 0 saturated carbocycles. The van der Waals surface area contributed by atoms with Crippen molar-refractivity contribution in [2.24, 2.45) is 0 Å². The minimum absolute atomic E-state index is 0.118. The molecule has 0 saturated heterocycles. The zero-order valence-electron chi connectivity index (χ0n) is 13.7. The minimum atomic E-state index is -0.314. The van der Waals surface area contributed by atoms with Crippen LogP contribution in [0.1, 0.15) is 36.2 Å². The number of fused-ring (bicyclic) bond motifs is 1. The highest BCUT2D eigenvalue weighted by Gasteiger charge is 2.17. The Morgan fingerprint density at radius 1 is 1.33 bits per heavy atom. The summed E-state index contributed by atoms with van der Waals surface area (Å²) in [5.74, 6) is 0.146. The van der Waals surface area contributed by atoms with Gasteiger partial charge in [0.25, 0.3) is 0 Å². The van der Waals surface area contributed by atoms with Gasteiger partial charge >= 0.3 is 5.69 Å². The Kier molecular flexibility index (Phi) is 4.78. The van der Waals surface area contributed by atoms with Gasteiger partial charge in [-0.2, -0.15) is 5.10 Å². The molecule has 0 bridgehead atoms. The molecule has 6 nitrogen and oxygen atoms in total. The van der Waals surface area contributed by atoms with Crippen LogP contribution in [0.25, 0.3) is 0 Å². The summed E-state index contributed by atoms with van der Waals surface area (Å²) < 4.78 is 16.4. The van der Waals surface area contributed by atoms with Crippen LogP contribution in [0, 0.1) is 12.7 Å². The molecule has 24 heavy (non-hydrogen) atoms. The second-order valence-corrected chi connectivity index (χ2v) is 6.18. The highest BCUT2D eigenvalue weighted by Crippen LogP contribution is 2.10. The lowest BCUT2D eigenvalue weighted by Crippen LogP contribution is -2.33. The Labute approximate surface area is 139 Å². The first-order valence-corrected chi connectivity index (χ1v) is 8.23. The van der Waals surface area contributed by atoms with Crippen molar-refractivity contribution in [2.45, 2.75) is 52.2 Å². The molecule has 7 heteroatoms. The summed E-state index contributed by atoms with van der Waals surface area (Å²) in [4.78, 5) is 24.3. The van der Waals surface area contributed by atoms with Crippen molar-refractivity contribution in [1.82, 2.24) is 19.7 Å². The molecule has 0 aliphatic carbocycles. The highest BCUT2D eigenvalue weighted by atomic mass is 19.1. The number of rotatable bonds is 4. The number of hydrogen-bond donors (Lipinski definition) is 1. The third-order valence-corrected chi connectivity index (χ3v) is 4.30. The van der Waals surface area contributed by atoms with Gasteiger partial charge in [-0.05, 0) is 37.0 Å². The average Bonchev–Trinajstić information content (AvgIpc) is 2.74. The van der Waals surface area contributed by atoms with E-state index < -0.39 is 0 Å². The summed E-state index contributed by atoms with van der Waals surface area (Å²) in [6.45, 7) is 2.46. The molecule has 1 aromatic carbocycles. The van der Waals surface area contributed by atoms with Crippen molar-refractivity contribution < 1.29 is 9.18 Å². The molecule has 0 radical (unpaired) electrons. The first-order valence-electron chi connectivity index (χ1n) is 8.23. The number of carbonyl (C=O) groups excluding carboxylic acids is 1. The molecule has 0 unspecified atom stereocenters. The Morgan fingerprint density at radius 3 is 2.96 bits per heavy atom. The van der Waals surface area contributed by atoms with Gasteiger partial charge in [0.15, 0.2) is 0 Å². The standard InChI is InChI=1S/C17H21FN4O2/c1-12-6-7-13(9-14(12)18)10-19-16(23)11-22-17(24)21-8-4-2-3-5-15(21)20-22/h6-7,9H,2-5,8,10-11H2,1H3,(H,19,23). The number of nitrogens with zero attached hydrogens (tertiary/aromatic N) is 3. The maximum absolute atomic E-state index is 13.5. The molecule has 2 aromatic rings. The number of aryl methyl sites for hydroxylation is 2. The van der Waals surface area contributed by atoms with Crippen molar-refractivity contribution in [1.29, 1.82) is 0 Å². The van der Waals surface area contributed by atoms with E-state index in [4.69, 9.17) is 0 Å². The lowest BCUT2D eigenvalue weighted by Gasteiger charge is -2.06. The normalized spacial score (nSPS) is 14.1. The minimum Gasteiger partial charge on any atom is -0.350 e. The Morgan fingerprint density at radius 2 is 2.17 bits per heavy atom. The molecule has 1 aliphatic heterocycles. The predicted molar refractivity (Wildman–Crippen MR) is 87.0 cm³/mol. The third-order valence-electron chi connectivity index (χ3n) is 4.30. The largest absolute Gasteiger partial charge is 0.350 e. The van der Waals surface area contributed by atoms with Crippen LogP contribution < -0.4 is 11.0 Å². The van der Waals surface area contributed by atoms with Gasteiger partial charge in [-0.25, -0.2) is 13.9 Å². The van der Waals surface area contributed by atoms with E-state index in [2.05, 4.69) is 10.4 Å². The fraction of sp³-hybridized carbons (Fsp3) is 0.471. The van der Waals surface area contributed by atoms with E-state index in [-0.39, 0.29) is 30.5 Å². The molecule has 128 valence electrons. The smallest absolute Gasteiger partial charge is 0.346 e. The summed E-state index contributed by atoms with van der Waals surface area (Å²) in [5.41, 5.74) is 1.01. The Hall–Kier alpha value is -2.44. The molecule has 1 aromatic heterocycles. The maximum atomic E-state index is 13.5. The third kappa shape index (κ3) is 3.55. The van der Waals surface area contributed by atoms with Crippen molar-refractivity contribution in [3.63, 3.8) is 0 Å². The van der Waals surface area contributed by atoms with Crippen LogP contribution in [-0.4, -0.2) is 20.3 Å². The van der Waals surface area contributed by atoms with Gasteiger partial charge in [-0.1, -0.05) is 18.6 Å². The van der Waals surface area contributed by atoms with Crippen LogP contribution in [0.15, 0.2) is 23.0 Å². The van der Waals surface area contributed by atoms with Crippen LogP contribution in [0.2, 0.25) is 0 Å². The fourth-order valence-corrected chi connectivity index (χ4v) is 2.87. The van der Waals surface area contributed by atoms with Gasteiger partial charge in [-0.15, -0.1) is 0 Å². The quantitative estimate of drug-likeness (QED) is 0.923. The molecule has 2 heterocycles. The van der Waals surface area contributed by atoms with Crippen molar-refractivity contribution in [2.75, 3.05) is 0 Å². The highest BCUT2D eigenvalue weighted by molar-refractivity contribution is 5.75. The van der Waals surface area contributed by atoms with E-state index in [1.807, 2.05) is 0 Å². The number of nitrogens with one attached hydrogen (secondary N) is 1. The lowest BCUT2D eigenvalue weighted by atomic mass is 10.1. The van der Waals surface area contributed by atoms with E-state index in [0.717, 1.165) is 31.5 Å². The second-order valence-electron chi connectivity index (χ2n) is 6.18. The number of hydrogen-bond acceptors (Lipinski definition) is 3. The van der Waals surface area contributed by atoms with E-state index >= 15 is 0 Å². The second kappa shape index (κ2) is 6.98. The number of aromatic nitrogens is 3. The monoisotopic (exact) mass is 332 g/mol. The van der Waals surface area contributed by atoms with Gasteiger partial charge in [0.2, 0.25) is 5.91 Å². The number of benzene rings is 1. The number of amides is 1. The van der Waals surface area contributed by atoms with Gasteiger partial charge < -0.3 is 5.32 Å². The first kappa shape index (κ1) is 16.4. The Bertz CT molecular complexity index is 809. The van der Waals surface area contributed by atoms with E-state index in [1.54, 1.807) is 23.6 Å². The summed E-state index contributed by atoms with van der Waals surface area (Å²) in [6.07, 6.45) is 3.84. The van der Waals surface area contributed by atoms with Gasteiger partial charge in [0.1, 0.15) is 18.2 Å². The van der Waals surface area contributed by atoms with Crippen molar-refractivity contribution in [3.8, 4) is 0 Å². The molecule has 1 N–H and O–H groups in total. The van der Waals surface area contributed by atoms with E-state index in [9.17, 15) is 14.0 Å². The summed E-state index contributed by atoms with van der Waals surface area (Å²) in [5, 5.41) is 6.98. The number of halogens is 1. The van der Waals surface area contributed by atoms with Crippen LogP contribution in [-0.2, 0) is 30.8 Å². The van der Waals surface area contributed by atoms with Crippen molar-refractivity contribution >= 4 is 5.91 Å². The molecular formula is C17H21FN4O2. The molecule has 0 fully saturated rings. The van der Waals surface area contributed by atoms with Crippen LogP contribution >= 0.6 is 0 Å². The van der Waals surface area contributed by atoms with Crippen LogP contribution in [0.4, 0.5) is 4.39 Å². The fourth-order valence-electron chi connectivity index (χ4n) is 2.87. The molecule has 0 atom stereocenters. The topological polar surface area (TPSA) is 68.9 Å². The molecule has 3 rings (SSSR count). The van der Waals surface area contributed by atoms with Gasteiger partial charge in [0.05, 0.1) is 0 Å². The van der Waals surface area contributed by atoms with Crippen LogP contribution in [0.3, 0.4) is 0 Å². The molecule has 1 amide bonds. The molecule has 0 spiro atoms. The molecule has 1 aliphatic rings. The summed E-state index contributed by atoms with van der Waals surface area (Å²) in [6, 6.07) is 4.85. The SMILES string of the molecule is Cc1ccc(CNC(=O)Cn2nc3n(c2=O)CCCCC3)cc1F. The van der Waals surface area contributed by atoms with E-state index in [1.165, 1.54) is 10.7 Å². The first-order chi connectivity index (χ1) is 11.5. The summed E-state index contributed by atoms with van der Waals surface area (Å²) in [7, 11) is 0. The molecular weight excluding hydrogens is 311 g/mol.